The standard InChI is InChI=1S/C2H4O2.F3P.K.H2O/c1-2(3)4;1-4(2)3;;/h1H3,(H,3,4);;;1H2/q;;+1;/p-1. The summed E-state index contributed by atoms with van der Waals surface area (Å²) >= 11 is 0. The smallest absolute Gasteiger partial charge is 0.550 e. The van der Waals surface area contributed by atoms with Crippen molar-refractivity contribution in [3.63, 3.8) is 0 Å². The molecule has 8 heteroatoms. The molecule has 0 aliphatic heterocycles. The molecule has 0 aliphatic rings. The third-order valence-corrected chi connectivity index (χ3v) is 0. The monoisotopic (exact) mass is 204 g/mol. The predicted molar refractivity (Wildman–Crippen MR) is 24.5 cm³/mol. The van der Waals surface area contributed by atoms with Crippen LogP contribution in [0.4, 0.5) is 12.6 Å². The summed E-state index contributed by atoms with van der Waals surface area (Å²) < 4.78 is 29.2. The van der Waals surface area contributed by atoms with E-state index in [9.17, 15) is 12.6 Å². The minimum Gasteiger partial charge on any atom is -0.550 e. The van der Waals surface area contributed by atoms with Crippen molar-refractivity contribution in [3.05, 3.63) is 0 Å². The molecule has 58 valence electrons. The first kappa shape index (κ1) is 22.5. The summed E-state index contributed by atoms with van der Waals surface area (Å²) in [6, 6.07) is 0. The summed E-state index contributed by atoms with van der Waals surface area (Å²) in [6.45, 7) is 0.972. The number of carboxylic acid groups (broad SMARTS) is 1. The second-order valence-electron chi connectivity index (χ2n) is 0.683. The average molecular weight is 204 g/mol. The molecule has 0 aromatic rings. The van der Waals surface area contributed by atoms with Gasteiger partial charge in [0.2, 0.25) is 0 Å². The van der Waals surface area contributed by atoms with E-state index < -0.39 is 14.8 Å². The van der Waals surface area contributed by atoms with Crippen LogP contribution in [0.1, 0.15) is 6.92 Å². The van der Waals surface area contributed by atoms with Crippen molar-refractivity contribution < 1.29 is 79.4 Å². The van der Waals surface area contributed by atoms with Crippen molar-refractivity contribution in [1.82, 2.24) is 0 Å². The van der Waals surface area contributed by atoms with Crippen molar-refractivity contribution in [1.29, 1.82) is 0 Å². The van der Waals surface area contributed by atoms with Gasteiger partial charge < -0.3 is 15.4 Å². The zero-order valence-corrected chi connectivity index (χ0v) is 9.42. The first-order valence-electron chi connectivity index (χ1n) is 1.42. The topological polar surface area (TPSA) is 71.6 Å². The van der Waals surface area contributed by atoms with Crippen molar-refractivity contribution >= 4 is 14.8 Å². The van der Waals surface area contributed by atoms with E-state index in [-0.39, 0.29) is 56.9 Å². The Morgan fingerprint density at radius 1 is 1.40 bits per heavy atom. The van der Waals surface area contributed by atoms with Crippen LogP contribution < -0.4 is 56.5 Å². The van der Waals surface area contributed by atoms with E-state index in [4.69, 9.17) is 9.90 Å². The van der Waals surface area contributed by atoms with Crippen LogP contribution >= 0.6 is 8.85 Å². The molecular weight excluding hydrogens is 199 g/mol. The maximum atomic E-state index is 9.73. The molecule has 0 rings (SSSR count). The average Bonchev–Trinajstić information content (AvgIpc) is 1.25. The van der Waals surface area contributed by atoms with Gasteiger partial charge in [-0.25, -0.2) is 0 Å². The number of halogens is 3. The third-order valence-electron chi connectivity index (χ3n) is 0. The van der Waals surface area contributed by atoms with Gasteiger partial charge in [0.1, 0.15) is 0 Å². The SMILES string of the molecule is CC(=O)[O-].FP(F)F.O.[K+]. The second kappa shape index (κ2) is 16.7. The fourth-order valence-electron chi connectivity index (χ4n) is 0. The zero-order valence-electron chi connectivity index (χ0n) is 5.40. The Labute approximate surface area is 99.8 Å². The molecule has 2 N–H and O–H groups in total. The molecule has 0 saturated heterocycles. The molecule has 0 aromatic heterocycles. The fourth-order valence-corrected chi connectivity index (χ4v) is 0. The minimum absolute atomic E-state index is 0. The third kappa shape index (κ3) is 385. The largest absolute Gasteiger partial charge is 1.00 e. The van der Waals surface area contributed by atoms with Gasteiger partial charge >= 0.3 is 60.2 Å². The van der Waals surface area contributed by atoms with E-state index in [1.54, 1.807) is 0 Å². The maximum Gasteiger partial charge on any atom is 1.00 e. The van der Waals surface area contributed by atoms with Crippen molar-refractivity contribution in [2.24, 2.45) is 0 Å². The normalized spacial score (nSPS) is 6.10. The molecule has 0 unspecified atom stereocenters. The van der Waals surface area contributed by atoms with Crippen molar-refractivity contribution in [2.75, 3.05) is 0 Å². The van der Waals surface area contributed by atoms with Crippen LogP contribution in [0.25, 0.3) is 0 Å². The number of carboxylic acids is 1. The Balaban J connectivity index is -0.0000000300. The molecule has 10 heavy (non-hydrogen) atoms. The van der Waals surface area contributed by atoms with E-state index in [2.05, 4.69) is 0 Å². The Hall–Kier alpha value is 1.29. The predicted octanol–water partition coefficient (Wildman–Crippen LogP) is -2.94. The maximum absolute atomic E-state index is 9.73. The number of aliphatic carboxylic acids is 1. The summed E-state index contributed by atoms with van der Waals surface area (Å²) in [4.78, 5) is 8.89. The molecule has 3 nitrogen and oxygen atoms in total. The Kier molecular flexibility index (Phi) is 37.6. The van der Waals surface area contributed by atoms with Crippen LogP contribution in [0.15, 0.2) is 0 Å². The molecule has 0 atom stereocenters. The van der Waals surface area contributed by atoms with Crippen LogP contribution in [0, 0.1) is 0 Å². The molecule has 0 amide bonds. The van der Waals surface area contributed by atoms with Gasteiger partial charge in [-0.1, -0.05) is 0 Å². The summed E-state index contributed by atoms with van der Waals surface area (Å²) in [5, 5.41) is 8.89. The van der Waals surface area contributed by atoms with Crippen LogP contribution in [0.5, 0.6) is 0 Å². The first-order chi connectivity index (χ1) is 3.46. The van der Waals surface area contributed by atoms with Gasteiger partial charge in [0.25, 0.3) is 0 Å². The van der Waals surface area contributed by atoms with Gasteiger partial charge in [0.15, 0.2) is 0 Å². The Bertz CT molecular complexity index is 66.0. The number of hydrogen-bond donors (Lipinski definition) is 0. The summed E-state index contributed by atoms with van der Waals surface area (Å²) in [5.41, 5.74) is 0. The number of rotatable bonds is 0. The summed E-state index contributed by atoms with van der Waals surface area (Å²) in [5.74, 6) is -1.08. The second-order valence-corrected chi connectivity index (χ2v) is 1.07. The summed E-state index contributed by atoms with van der Waals surface area (Å²) in [7, 11) is -4.12. The molecule has 0 fully saturated rings. The van der Waals surface area contributed by atoms with Crippen LogP contribution in [0.2, 0.25) is 0 Å². The Morgan fingerprint density at radius 2 is 1.40 bits per heavy atom. The van der Waals surface area contributed by atoms with E-state index in [0.717, 1.165) is 6.92 Å². The van der Waals surface area contributed by atoms with E-state index >= 15 is 0 Å². The molecule has 0 radical (unpaired) electrons. The van der Waals surface area contributed by atoms with Crippen molar-refractivity contribution in [2.45, 2.75) is 6.92 Å². The van der Waals surface area contributed by atoms with Crippen LogP contribution in [-0.2, 0) is 4.79 Å². The van der Waals surface area contributed by atoms with Gasteiger partial charge in [0, 0.05) is 5.97 Å². The molecule has 0 aromatic carbocycles. The van der Waals surface area contributed by atoms with Gasteiger partial charge in [-0.05, 0) is 6.92 Å². The molecule has 0 heterocycles. The molecule has 0 aliphatic carbocycles. The van der Waals surface area contributed by atoms with Gasteiger partial charge in [0.05, 0.1) is 0 Å². The molecule has 0 bridgehead atoms. The Morgan fingerprint density at radius 3 is 1.40 bits per heavy atom. The van der Waals surface area contributed by atoms with E-state index in [1.165, 1.54) is 0 Å². The molecule has 0 spiro atoms. The van der Waals surface area contributed by atoms with E-state index in [0.29, 0.717) is 0 Å². The van der Waals surface area contributed by atoms with Gasteiger partial charge in [-0.3, -0.25) is 0 Å². The number of hydrogen-bond acceptors (Lipinski definition) is 2. The van der Waals surface area contributed by atoms with E-state index in [1.807, 2.05) is 0 Å². The summed E-state index contributed by atoms with van der Waals surface area (Å²) in [6.07, 6.45) is 0. The van der Waals surface area contributed by atoms with Crippen LogP contribution in [0.3, 0.4) is 0 Å². The minimum atomic E-state index is -4.12. The molecule has 0 saturated carbocycles. The van der Waals surface area contributed by atoms with Crippen LogP contribution in [-0.4, -0.2) is 11.4 Å². The first-order valence-corrected chi connectivity index (χ1v) is 2.43. The van der Waals surface area contributed by atoms with Gasteiger partial charge in [-0.2, -0.15) is 12.6 Å². The quantitative estimate of drug-likeness (QED) is 0.313. The number of carbonyl (C=O) groups is 1. The zero-order chi connectivity index (χ0) is 7.15. The van der Waals surface area contributed by atoms with Crippen molar-refractivity contribution in [3.8, 4) is 0 Å². The fraction of sp³-hybridized carbons (Fsp3) is 0.500. The molecular formula is C2H5F3KO3P. The van der Waals surface area contributed by atoms with Gasteiger partial charge in [-0.15, -0.1) is 0 Å². The number of carbonyl (C=O) groups excluding carboxylic acids is 1.